The highest BCUT2D eigenvalue weighted by atomic mass is 32.1. The second kappa shape index (κ2) is 7.25. The van der Waals surface area contributed by atoms with Gasteiger partial charge in [-0.15, -0.1) is 11.3 Å². The van der Waals surface area contributed by atoms with E-state index in [1.807, 2.05) is 29.3 Å². The molecular weight excluding hydrogens is 350 g/mol. The Labute approximate surface area is 155 Å². The standard InChI is InChI=1S/C18H19N5O2S/c1-13-14(21-17(25-13)15-4-2-11-26-15)12-16(24)22-7-9-23(10-8-22)18-19-5-3-6-20-18/h2-6,11H,7-10,12H2,1H3. The Kier molecular flexibility index (Phi) is 4.66. The van der Waals surface area contributed by atoms with Crippen molar-refractivity contribution in [1.29, 1.82) is 0 Å². The molecule has 134 valence electrons. The number of hydrogen-bond donors (Lipinski definition) is 0. The molecule has 3 aromatic rings. The van der Waals surface area contributed by atoms with Crippen LogP contribution in [0.5, 0.6) is 0 Å². The Morgan fingerprint density at radius 3 is 2.65 bits per heavy atom. The van der Waals surface area contributed by atoms with E-state index in [2.05, 4.69) is 19.9 Å². The molecule has 0 bridgehead atoms. The average Bonchev–Trinajstić information content (AvgIpc) is 3.33. The van der Waals surface area contributed by atoms with Gasteiger partial charge in [-0.3, -0.25) is 4.79 Å². The van der Waals surface area contributed by atoms with Crippen LogP contribution in [0, 0.1) is 6.92 Å². The first-order valence-electron chi connectivity index (χ1n) is 8.50. The van der Waals surface area contributed by atoms with Crippen LogP contribution in [-0.4, -0.2) is 51.9 Å². The topological polar surface area (TPSA) is 75.4 Å². The van der Waals surface area contributed by atoms with E-state index in [-0.39, 0.29) is 12.3 Å². The highest BCUT2D eigenvalue weighted by molar-refractivity contribution is 7.13. The lowest BCUT2D eigenvalue weighted by atomic mass is 10.2. The van der Waals surface area contributed by atoms with Gasteiger partial charge in [0, 0.05) is 38.6 Å². The number of rotatable bonds is 4. The highest BCUT2D eigenvalue weighted by Gasteiger charge is 2.24. The molecule has 0 aromatic carbocycles. The summed E-state index contributed by atoms with van der Waals surface area (Å²) in [6.07, 6.45) is 3.74. The number of thiophene rings is 1. The van der Waals surface area contributed by atoms with Gasteiger partial charge in [-0.05, 0) is 24.4 Å². The highest BCUT2D eigenvalue weighted by Crippen LogP contribution is 2.26. The van der Waals surface area contributed by atoms with Crippen LogP contribution < -0.4 is 4.90 Å². The smallest absolute Gasteiger partial charge is 0.236 e. The van der Waals surface area contributed by atoms with E-state index in [1.165, 1.54) is 0 Å². The lowest BCUT2D eigenvalue weighted by molar-refractivity contribution is -0.130. The van der Waals surface area contributed by atoms with Crippen molar-refractivity contribution < 1.29 is 9.21 Å². The normalized spacial score (nSPS) is 14.7. The molecule has 4 heterocycles. The molecule has 4 rings (SSSR count). The third-order valence-electron chi connectivity index (χ3n) is 4.41. The van der Waals surface area contributed by atoms with E-state index < -0.39 is 0 Å². The molecule has 1 aliphatic heterocycles. The second-order valence-electron chi connectivity index (χ2n) is 6.09. The molecule has 0 atom stereocenters. The third kappa shape index (κ3) is 3.45. The summed E-state index contributed by atoms with van der Waals surface area (Å²) >= 11 is 1.57. The Morgan fingerprint density at radius 1 is 1.19 bits per heavy atom. The second-order valence-corrected chi connectivity index (χ2v) is 7.04. The molecule has 1 amide bonds. The summed E-state index contributed by atoms with van der Waals surface area (Å²) in [5.41, 5.74) is 0.715. The van der Waals surface area contributed by atoms with Crippen molar-refractivity contribution in [3.63, 3.8) is 0 Å². The van der Waals surface area contributed by atoms with Crippen LogP contribution in [0.15, 0.2) is 40.4 Å². The molecule has 3 aromatic heterocycles. The van der Waals surface area contributed by atoms with Gasteiger partial charge in [-0.25, -0.2) is 15.0 Å². The van der Waals surface area contributed by atoms with Gasteiger partial charge in [0.25, 0.3) is 0 Å². The summed E-state index contributed by atoms with van der Waals surface area (Å²) in [6, 6.07) is 5.72. The van der Waals surface area contributed by atoms with Crippen LogP contribution in [0.1, 0.15) is 11.5 Å². The quantitative estimate of drug-likeness (QED) is 0.703. The van der Waals surface area contributed by atoms with E-state index >= 15 is 0 Å². The summed E-state index contributed by atoms with van der Waals surface area (Å²) < 4.78 is 5.73. The van der Waals surface area contributed by atoms with Crippen molar-refractivity contribution in [3.8, 4) is 10.8 Å². The van der Waals surface area contributed by atoms with Gasteiger partial charge in [0.15, 0.2) is 0 Å². The minimum absolute atomic E-state index is 0.0766. The number of oxazole rings is 1. The molecule has 0 spiro atoms. The van der Waals surface area contributed by atoms with Crippen LogP contribution in [-0.2, 0) is 11.2 Å². The van der Waals surface area contributed by atoms with Crippen LogP contribution in [0.2, 0.25) is 0 Å². The number of nitrogens with zero attached hydrogens (tertiary/aromatic N) is 5. The maximum atomic E-state index is 12.7. The van der Waals surface area contributed by atoms with Crippen LogP contribution in [0.3, 0.4) is 0 Å². The molecule has 26 heavy (non-hydrogen) atoms. The van der Waals surface area contributed by atoms with E-state index in [0.29, 0.717) is 36.4 Å². The van der Waals surface area contributed by atoms with E-state index in [9.17, 15) is 4.79 Å². The first-order valence-corrected chi connectivity index (χ1v) is 9.38. The molecule has 7 nitrogen and oxygen atoms in total. The molecule has 0 radical (unpaired) electrons. The maximum absolute atomic E-state index is 12.7. The average molecular weight is 369 g/mol. The van der Waals surface area contributed by atoms with Crippen LogP contribution in [0.25, 0.3) is 10.8 Å². The number of piperazine rings is 1. The van der Waals surface area contributed by atoms with Crippen LogP contribution in [0.4, 0.5) is 5.95 Å². The number of amides is 1. The maximum Gasteiger partial charge on any atom is 0.236 e. The predicted molar refractivity (Wildman–Crippen MR) is 99.1 cm³/mol. The van der Waals surface area contributed by atoms with Crippen molar-refractivity contribution in [2.45, 2.75) is 13.3 Å². The first kappa shape index (κ1) is 16.7. The summed E-state index contributed by atoms with van der Waals surface area (Å²) in [7, 11) is 0. The predicted octanol–water partition coefficient (Wildman–Crippen LogP) is 2.39. The Balaban J connectivity index is 1.37. The molecule has 0 aliphatic carbocycles. The van der Waals surface area contributed by atoms with Gasteiger partial charge in [-0.1, -0.05) is 6.07 Å². The van der Waals surface area contributed by atoms with Crippen molar-refractivity contribution in [1.82, 2.24) is 19.9 Å². The molecule has 0 saturated carbocycles. The minimum Gasteiger partial charge on any atom is -0.440 e. The zero-order chi connectivity index (χ0) is 17.9. The minimum atomic E-state index is 0.0766. The zero-order valence-electron chi connectivity index (χ0n) is 14.5. The van der Waals surface area contributed by atoms with E-state index in [1.54, 1.807) is 29.8 Å². The number of aryl methyl sites for hydroxylation is 1. The third-order valence-corrected chi connectivity index (χ3v) is 5.27. The van der Waals surface area contributed by atoms with Crippen molar-refractivity contribution in [2.24, 2.45) is 0 Å². The Bertz CT molecular complexity index is 870. The first-order chi connectivity index (χ1) is 12.7. The monoisotopic (exact) mass is 369 g/mol. The Hall–Kier alpha value is -2.74. The number of anilines is 1. The number of carbonyl (C=O) groups is 1. The van der Waals surface area contributed by atoms with Gasteiger partial charge in [-0.2, -0.15) is 0 Å². The zero-order valence-corrected chi connectivity index (χ0v) is 15.3. The van der Waals surface area contributed by atoms with Gasteiger partial charge in [0.1, 0.15) is 5.76 Å². The lowest BCUT2D eigenvalue weighted by Crippen LogP contribution is -2.49. The van der Waals surface area contributed by atoms with Gasteiger partial charge < -0.3 is 14.2 Å². The lowest BCUT2D eigenvalue weighted by Gasteiger charge is -2.34. The molecular formula is C18H19N5O2S. The molecule has 1 saturated heterocycles. The SMILES string of the molecule is Cc1oc(-c2cccs2)nc1CC(=O)N1CCN(c2ncccn2)CC1. The van der Waals surface area contributed by atoms with E-state index in [0.717, 1.165) is 18.0 Å². The van der Waals surface area contributed by atoms with Crippen molar-refractivity contribution >= 4 is 23.2 Å². The van der Waals surface area contributed by atoms with Gasteiger partial charge >= 0.3 is 0 Å². The van der Waals surface area contributed by atoms with E-state index in [4.69, 9.17) is 4.42 Å². The summed E-state index contributed by atoms with van der Waals surface area (Å²) in [6.45, 7) is 4.64. The molecule has 1 aliphatic rings. The molecule has 0 unspecified atom stereocenters. The van der Waals surface area contributed by atoms with Crippen molar-refractivity contribution in [3.05, 3.63) is 47.4 Å². The van der Waals surface area contributed by atoms with Crippen molar-refractivity contribution in [2.75, 3.05) is 31.1 Å². The number of carbonyl (C=O) groups excluding carboxylic acids is 1. The molecule has 8 heteroatoms. The van der Waals surface area contributed by atoms with Crippen LogP contribution >= 0.6 is 11.3 Å². The van der Waals surface area contributed by atoms with Gasteiger partial charge in [0.05, 0.1) is 17.0 Å². The fourth-order valence-electron chi connectivity index (χ4n) is 2.96. The summed E-state index contributed by atoms with van der Waals surface area (Å²) in [5.74, 6) is 2.09. The fourth-order valence-corrected chi connectivity index (χ4v) is 3.61. The summed E-state index contributed by atoms with van der Waals surface area (Å²) in [5, 5.41) is 1.98. The molecule has 1 fully saturated rings. The van der Waals surface area contributed by atoms with Gasteiger partial charge in [0.2, 0.25) is 17.7 Å². The molecule has 0 N–H and O–H groups in total. The Morgan fingerprint density at radius 2 is 1.96 bits per heavy atom. The number of hydrogen-bond acceptors (Lipinski definition) is 7. The largest absolute Gasteiger partial charge is 0.440 e. The number of aromatic nitrogens is 3. The fraction of sp³-hybridized carbons (Fsp3) is 0.333. The summed E-state index contributed by atoms with van der Waals surface area (Å²) in [4.78, 5) is 30.7.